The summed E-state index contributed by atoms with van der Waals surface area (Å²) in [6.07, 6.45) is 0. The van der Waals surface area contributed by atoms with Crippen molar-refractivity contribution in [1.82, 2.24) is 0 Å². The van der Waals surface area contributed by atoms with Crippen LogP contribution >= 0.6 is 15.9 Å². The maximum atomic E-state index is 13.8. The predicted molar refractivity (Wildman–Crippen MR) is 79.6 cm³/mol. The fraction of sp³-hybridized carbons (Fsp3) is 0.375. The molecule has 2 atom stereocenters. The van der Waals surface area contributed by atoms with E-state index in [1.807, 2.05) is 30.3 Å². The molecule has 2 heteroatoms. The molecule has 96 valence electrons. The Kier molecular flexibility index (Phi) is 4.06. The van der Waals surface area contributed by atoms with Gasteiger partial charge in [0.25, 0.3) is 0 Å². The zero-order valence-corrected chi connectivity index (χ0v) is 12.5. The van der Waals surface area contributed by atoms with Gasteiger partial charge in [0.2, 0.25) is 0 Å². The van der Waals surface area contributed by atoms with Crippen LogP contribution in [0.25, 0.3) is 10.8 Å². The van der Waals surface area contributed by atoms with Crippen LogP contribution in [0.4, 0.5) is 4.39 Å². The Bertz CT molecular complexity index is 548. The molecule has 0 spiro atoms. The molecular weight excluding hydrogens is 291 g/mol. The lowest BCUT2D eigenvalue weighted by atomic mass is 9.89. The largest absolute Gasteiger partial charge is 0.206 e. The van der Waals surface area contributed by atoms with Crippen molar-refractivity contribution in [2.75, 3.05) is 0 Å². The number of fused-ring (bicyclic) bond motifs is 1. The van der Waals surface area contributed by atoms with Crippen LogP contribution in [0.3, 0.4) is 0 Å². The summed E-state index contributed by atoms with van der Waals surface area (Å²) in [5.74, 6) is 0.934. The van der Waals surface area contributed by atoms with Gasteiger partial charge in [-0.2, -0.15) is 0 Å². The molecule has 0 aromatic heterocycles. The van der Waals surface area contributed by atoms with Gasteiger partial charge in [-0.25, -0.2) is 4.39 Å². The Labute approximate surface area is 116 Å². The molecule has 0 heterocycles. The third-order valence-corrected chi connectivity index (χ3v) is 5.04. The van der Waals surface area contributed by atoms with Gasteiger partial charge in [0.15, 0.2) is 0 Å². The Morgan fingerprint density at radius 1 is 0.944 bits per heavy atom. The maximum Gasteiger partial charge on any atom is 0.131 e. The second-order valence-corrected chi connectivity index (χ2v) is 6.17. The molecule has 0 radical (unpaired) electrons. The van der Waals surface area contributed by atoms with E-state index >= 15 is 0 Å². The van der Waals surface area contributed by atoms with Crippen molar-refractivity contribution in [1.29, 1.82) is 0 Å². The summed E-state index contributed by atoms with van der Waals surface area (Å²) in [6, 6.07) is 11.1. The lowest BCUT2D eigenvalue weighted by Gasteiger charge is -2.23. The standard InChI is InChI=1S/C16H18BrF/c1-10(2)11(3)16(17)14-8-9-15(18)13-7-5-4-6-12(13)14/h4-11,16H,1-3H3. The van der Waals surface area contributed by atoms with E-state index in [-0.39, 0.29) is 10.6 Å². The van der Waals surface area contributed by atoms with Crippen molar-refractivity contribution in [3.63, 3.8) is 0 Å². The molecule has 0 amide bonds. The fourth-order valence-corrected chi connectivity index (χ4v) is 3.16. The molecule has 0 bridgehead atoms. The van der Waals surface area contributed by atoms with Gasteiger partial charge >= 0.3 is 0 Å². The number of alkyl halides is 1. The van der Waals surface area contributed by atoms with Crippen molar-refractivity contribution in [3.8, 4) is 0 Å². The van der Waals surface area contributed by atoms with Crippen molar-refractivity contribution >= 4 is 26.7 Å². The average molecular weight is 309 g/mol. The molecule has 0 fully saturated rings. The molecule has 2 unspecified atom stereocenters. The first-order valence-electron chi connectivity index (χ1n) is 6.33. The molecule has 0 saturated heterocycles. The highest BCUT2D eigenvalue weighted by molar-refractivity contribution is 9.09. The van der Waals surface area contributed by atoms with Gasteiger partial charge in [0.1, 0.15) is 5.82 Å². The number of benzene rings is 2. The minimum atomic E-state index is -0.147. The molecular formula is C16H18BrF. The van der Waals surface area contributed by atoms with E-state index in [9.17, 15) is 4.39 Å². The van der Waals surface area contributed by atoms with Crippen LogP contribution in [0.5, 0.6) is 0 Å². The zero-order valence-electron chi connectivity index (χ0n) is 11.0. The lowest BCUT2D eigenvalue weighted by Crippen LogP contribution is -2.11. The van der Waals surface area contributed by atoms with Gasteiger partial charge in [0, 0.05) is 10.2 Å². The van der Waals surface area contributed by atoms with Gasteiger partial charge in [-0.15, -0.1) is 0 Å². The summed E-state index contributed by atoms with van der Waals surface area (Å²) in [5.41, 5.74) is 1.17. The number of halogens is 2. The predicted octanol–water partition coefficient (Wildman–Crippen LogP) is 5.71. The summed E-state index contributed by atoms with van der Waals surface area (Å²) in [6.45, 7) is 6.65. The van der Waals surface area contributed by atoms with E-state index in [4.69, 9.17) is 0 Å². The number of hydrogen-bond acceptors (Lipinski definition) is 0. The average Bonchev–Trinajstić information content (AvgIpc) is 2.38. The van der Waals surface area contributed by atoms with Crippen LogP contribution in [0.1, 0.15) is 31.2 Å². The maximum absolute atomic E-state index is 13.8. The van der Waals surface area contributed by atoms with Crippen molar-refractivity contribution in [2.24, 2.45) is 11.8 Å². The SMILES string of the molecule is CC(C)C(C)C(Br)c1ccc(F)c2ccccc12. The third kappa shape index (κ3) is 2.44. The Hall–Kier alpha value is -0.890. The van der Waals surface area contributed by atoms with E-state index in [1.54, 1.807) is 6.07 Å². The number of hydrogen-bond donors (Lipinski definition) is 0. The number of rotatable bonds is 3. The zero-order chi connectivity index (χ0) is 13.3. The first-order valence-corrected chi connectivity index (χ1v) is 7.25. The molecule has 0 N–H and O–H groups in total. The second kappa shape index (κ2) is 5.40. The summed E-state index contributed by atoms with van der Waals surface area (Å²) >= 11 is 3.78. The molecule has 18 heavy (non-hydrogen) atoms. The summed E-state index contributed by atoms with van der Waals surface area (Å²) in [7, 11) is 0. The van der Waals surface area contributed by atoms with Gasteiger partial charge in [-0.1, -0.05) is 67.0 Å². The third-order valence-electron chi connectivity index (χ3n) is 3.71. The van der Waals surface area contributed by atoms with Crippen LogP contribution < -0.4 is 0 Å². The van der Waals surface area contributed by atoms with Gasteiger partial charge in [-0.05, 0) is 28.9 Å². The van der Waals surface area contributed by atoms with Gasteiger partial charge in [0.05, 0.1) is 0 Å². The quantitative estimate of drug-likeness (QED) is 0.637. The van der Waals surface area contributed by atoms with Crippen LogP contribution in [-0.4, -0.2) is 0 Å². The molecule has 0 nitrogen and oxygen atoms in total. The summed E-state index contributed by atoms with van der Waals surface area (Å²) < 4.78 is 13.8. The Morgan fingerprint density at radius 2 is 1.56 bits per heavy atom. The van der Waals surface area contributed by atoms with Crippen LogP contribution in [0, 0.1) is 17.7 Å². The molecule has 0 aliphatic carbocycles. The molecule has 0 aliphatic heterocycles. The van der Waals surface area contributed by atoms with E-state index in [2.05, 4.69) is 36.7 Å². The Balaban J connectivity index is 2.55. The first kappa shape index (κ1) is 13.5. The second-order valence-electron chi connectivity index (χ2n) is 5.19. The fourth-order valence-electron chi connectivity index (χ4n) is 2.15. The monoisotopic (exact) mass is 308 g/mol. The molecule has 0 saturated carbocycles. The minimum Gasteiger partial charge on any atom is -0.206 e. The normalized spacial score (nSPS) is 15.0. The van der Waals surface area contributed by atoms with Crippen molar-refractivity contribution in [3.05, 3.63) is 47.8 Å². The topological polar surface area (TPSA) is 0 Å². The molecule has 2 aromatic carbocycles. The molecule has 0 aliphatic rings. The van der Waals surface area contributed by atoms with E-state index in [0.717, 1.165) is 5.39 Å². The van der Waals surface area contributed by atoms with Crippen LogP contribution in [0.15, 0.2) is 36.4 Å². The van der Waals surface area contributed by atoms with Crippen LogP contribution in [-0.2, 0) is 0 Å². The highest BCUT2D eigenvalue weighted by Gasteiger charge is 2.21. The van der Waals surface area contributed by atoms with Crippen LogP contribution in [0.2, 0.25) is 0 Å². The van der Waals surface area contributed by atoms with Gasteiger partial charge < -0.3 is 0 Å². The smallest absolute Gasteiger partial charge is 0.131 e. The summed E-state index contributed by atoms with van der Waals surface area (Å²) in [4.78, 5) is 0.253. The first-order chi connectivity index (χ1) is 8.52. The van der Waals surface area contributed by atoms with E-state index in [0.29, 0.717) is 17.2 Å². The Morgan fingerprint density at radius 3 is 2.17 bits per heavy atom. The van der Waals surface area contributed by atoms with Crippen molar-refractivity contribution in [2.45, 2.75) is 25.6 Å². The van der Waals surface area contributed by atoms with Gasteiger partial charge in [-0.3, -0.25) is 0 Å². The highest BCUT2D eigenvalue weighted by atomic mass is 79.9. The van der Waals surface area contributed by atoms with E-state index < -0.39 is 0 Å². The highest BCUT2D eigenvalue weighted by Crippen LogP contribution is 2.39. The summed E-state index contributed by atoms with van der Waals surface area (Å²) in [5, 5.41) is 1.71. The molecule has 2 aromatic rings. The lowest BCUT2D eigenvalue weighted by molar-refractivity contribution is 0.415. The minimum absolute atomic E-state index is 0.147. The van der Waals surface area contributed by atoms with Crippen molar-refractivity contribution < 1.29 is 4.39 Å². The molecule has 2 rings (SSSR count). The van der Waals surface area contributed by atoms with E-state index in [1.165, 1.54) is 5.56 Å².